The minimum absolute atomic E-state index is 0.0645. The molecular formula is C14H11ClN2O4. The summed E-state index contributed by atoms with van der Waals surface area (Å²) in [7, 11) is 0. The molecule has 0 aliphatic heterocycles. The molecule has 2 aromatic rings. The van der Waals surface area contributed by atoms with Gasteiger partial charge in [-0.05, 0) is 23.8 Å². The summed E-state index contributed by atoms with van der Waals surface area (Å²) in [5.74, 6) is -1.04. The van der Waals surface area contributed by atoms with Gasteiger partial charge < -0.3 is 10.4 Å². The monoisotopic (exact) mass is 306 g/mol. The van der Waals surface area contributed by atoms with Crippen molar-refractivity contribution in [2.75, 3.05) is 5.32 Å². The number of rotatable bonds is 5. The lowest BCUT2D eigenvalue weighted by Gasteiger charge is -2.09. The Morgan fingerprint density at radius 1 is 1.29 bits per heavy atom. The minimum atomic E-state index is -1.04. The number of nitro groups is 1. The van der Waals surface area contributed by atoms with Gasteiger partial charge in [-0.15, -0.1) is 0 Å². The lowest BCUT2D eigenvalue weighted by atomic mass is 10.1. The van der Waals surface area contributed by atoms with E-state index in [1.54, 1.807) is 24.3 Å². The SMILES string of the molecule is O=C(O)c1ccccc1NCc1ccc(Cl)c([N+](=O)[O-])c1. The molecule has 0 aliphatic carbocycles. The number of hydrogen-bond acceptors (Lipinski definition) is 4. The largest absolute Gasteiger partial charge is 0.478 e. The average molecular weight is 307 g/mol. The van der Waals surface area contributed by atoms with Crippen molar-refractivity contribution in [2.45, 2.75) is 6.54 Å². The summed E-state index contributed by atoms with van der Waals surface area (Å²) in [6.07, 6.45) is 0. The van der Waals surface area contributed by atoms with Crippen molar-refractivity contribution < 1.29 is 14.8 Å². The van der Waals surface area contributed by atoms with Crippen molar-refractivity contribution in [3.8, 4) is 0 Å². The molecule has 0 fully saturated rings. The summed E-state index contributed by atoms with van der Waals surface area (Å²) < 4.78 is 0. The van der Waals surface area contributed by atoms with Crippen LogP contribution in [0.3, 0.4) is 0 Å². The van der Waals surface area contributed by atoms with E-state index >= 15 is 0 Å². The highest BCUT2D eigenvalue weighted by atomic mass is 35.5. The van der Waals surface area contributed by atoms with Gasteiger partial charge in [-0.2, -0.15) is 0 Å². The van der Waals surface area contributed by atoms with E-state index in [0.717, 1.165) is 0 Å². The van der Waals surface area contributed by atoms with Crippen LogP contribution in [0, 0.1) is 10.1 Å². The fourth-order valence-electron chi connectivity index (χ4n) is 1.83. The van der Waals surface area contributed by atoms with Crippen LogP contribution >= 0.6 is 11.6 Å². The first-order chi connectivity index (χ1) is 9.99. The molecule has 0 saturated carbocycles. The summed E-state index contributed by atoms with van der Waals surface area (Å²) in [4.78, 5) is 21.3. The molecule has 0 radical (unpaired) electrons. The molecule has 21 heavy (non-hydrogen) atoms. The normalized spacial score (nSPS) is 10.1. The summed E-state index contributed by atoms with van der Waals surface area (Å²) in [5.41, 5.74) is 1.04. The Kier molecular flexibility index (Phi) is 4.39. The zero-order chi connectivity index (χ0) is 15.4. The molecule has 6 nitrogen and oxygen atoms in total. The Labute approximate surface area is 125 Å². The van der Waals surface area contributed by atoms with E-state index in [9.17, 15) is 14.9 Å². The number of nitrogens with zero attached hydrogens (tertiary/aromatic N) is 1. The molecular weight excluding hydrogens is 296 g/mol. The first-order valence-corrected chi connectivity index (χ1v) is 6.36. The van der Waals surface area contributed by atoms with E-state index in [1.165, 1.54) is 18.2 Å². The van der Waals surface area contributed by atoms with E-state index in [0.29, 0.717) is 11.3 Å². The standard InChI is InChI=1S/C14H11ClN2O4/c15-11-6-5-9(7-13(11)17(20)21)8-16-12-4-2-1-3-10(12)14(18)19/h1-7,16H,8H2,(H,18,19). The van der Waals surface area contributed by atoms with Crippen molar-refractivity contribution in [3.63, 3.8) is 0 Å². The molecule has 0 atom stereocenters. The van der Waals surface area contributed by atoms with E-state index in [1.807, 2.05) is 0 Å². The number of nitrogens with one attached hydrogen (secondary N) is 1. The topological polar surface area (TPSA) is 92.5 Å². The van der Waals surface area contributed by atoms with Crippen LogP contribution in [0.15, 0.2) is 42.5 Å². The van der Waals surface area contributed by atoms with Gasteiger partial charge in [-0.3, -0.25) is 10.1 Å². The molecule has 0 spiro atoms. The van der Waals surface area contributed by atoms with Crippen LogP contribution in [0.4, 0.5) is 11.4 Å². The highest BCUT2D eigenvalue weighted by Crippen LogP contribution is 2.25. The molecule has 2 aromatic carbocycles. The van der Waals surface area contributed by atoms with E-state index in [4.69, 9.17) is 16.7 Å². The molecule has 2 N–H and O–H groups in total. The number of nitro benzene ring substituents is 1. The second kappa shape index (κ2) is 6.23. The predicted octanol–water partition coefficient (Wildman–Crippen LogP) is 3.56. The molecule has 7 heteroatoms. The van der Waals surface area contributed by atoms with Crippen molar-refractivity contribution in [1.29, 1.82) is 0 Å². The molecule has 108 valence electrons. The van der Waals surface area contributed by atoms with Gasteiger partial charge in [0, 0.05) is 18.3 Å². The van der Waals surface area contributed by atoms with Gasteiger partial charge in [0.05, 0.1) is 10.5 Å². The van der Waals surface area contributed by atoms with Crippen molar-refractivity contribution in [3.05, 3.63) is 68.7 Å². The Hall–Kier alpha value is -2.60. The van der Waals surface area contributed by atoms with Crippen LogP contribution in [-0.2, 0) is 6.54 Å². The number of aromatic carboxylic acids is 1. The number of carboxylic acid groups (broad SMARTS) is 1. The summed E-state index contributed by atoms with van der Waals surface area (Å²) in [5, 5.41) is 22.9. The lowest BCUT2D eigenvalue weighted by molar-refractivity contribution is -0.384. The zero-order valence-corrected chi connectivity index (χ0v) is 11.5. The maximum atomic E-state index is 11.1. The Morgan fingerprint density at radius 3 is 2.67 bits per heavy atom. The molecule has 0 amide bonds. The molecule has 0 saturated heterocycles. The quantitative estimate of drug-likeness (QED) is 0.651. The van der Waals surface area contributed by atoms with Crippen LogP contribution in [0.5, 0.6) is 0 Å². The molecule has 0 bridgehead atoms. The molecule has 0 aromatic heterocycles. The molecule has 2 rings (SSSR count). The lowest BCUT2D eigenvalue weighted by Crippen LogP contribution is -2.06. The number of halogens is 1. The maximum Gasteiger partial charge on any atom is 0.337 e. The number of carbonyl (C=O) groups is 1. The first kappa shape index (κ1) is 14.8. The number of para-hydroxylation sites is 1. The third-order valence-corrected chi connectivity index (χ3v) is 3.17. The molecule has 0 unspecified atom stereocenters. The third kappa shape index (κ3) is 3.49. The summed E-state index contributed by atoms with van der Waals surface area (Å²) >= 11 is 5.74. The Balaban J connectivity index is 2.19. The van der Waals surface area contributed by atoms with Crippen LogP contribution < -0.4 is 5.32 Å². The third-order valence-electron chi connectivity index (χ3n) is 2.85. The molecule has 0 heterocycles. The van der Waals surface area contributed by atoms with Gasteiger partial charge >= 0.3 is 5.97 Å². The second-order valence-corrected chi connectivity index (χ2v) is 4.65. The van der Waals surface area contributed by atoms with Crippen LogP contribution in [-0.4, -0.2) is 16.0 Å². The highest BCUT2D eigenvalue weighted by molar-refractivity contribution is 6.32. The van der Waals surface area contributed by atoms with Gasteiger partial charge in [0.2, 0.25) is 0 Å². The van der Waals surface area contributed by atoms with Gasteiger partial charge in [0.15, 0.2) is 0 Å². The van der Waals surface area contributed by atoms with Gasteiger partial charge in [0.25, 0.3) is 5.69 Å². The molecule has 0 aliphatic rings. The van der Waals surface area contributed by atoms with Crippen LogP contribution in [0.1, 0.15) is 15.9 Å². The summed E-state index contributed by atoms with van der Waals surface area (Å²) in [6, 6.07) is 10.9. The minimum Gasteiger partial charge on any atom is -0.478 e. The van der Waals surface area contributed by atoms with Crippen molar-refractivity contribution in [1.82, 2.24) is 0 Å². The van der Waals surface area contributed by atoms with Crippen molar-refractivity contribution in [2.24, 2.45) is 0 Å². The smallest absolute Gasteiger partial charge is 0.337 e. The zero-order valence-electron chi connectivity index (χ0n) is 10.7. The van der Waals surface area contributed by atoms with E-state index in [2.05, 4.69) is 5.32 Å². The van der Waals surface area contributed by atoms with Crippen LogP contribution in [0.25, 0.3) is 0 Å². The van der Waals surface area contributed by atoms with Crippen molar-refractivity contribution >= 4 is 28.9 Å². The summed E-state index contributed by atoms with van der Waals surface area (Å²) in [6.45, 7) is 0.252. The number of anilines is 1. The number of hydrogen-bond donors (Lipinski definition) is 2. The average Bonchev–Trinajstić information content (AvgIpc) is 2.46. The van der Waals surface area contributed by atoms with Gasteiger partial charge in [0.1, 0.15) is 5.02 Å². The van der Waals surface area contributed by atoms with Crippen LogP contribution in [0.2, 0.25) is 5.02 Å². The van der Waals surface area contributed by atoms with Gasteiger partial charge in [-0.25, -0.2) is 4.79 Å². The van der Waals surface area contributed by atoms with Gasteiger partial charge in [-0.1, -0.05) is 29.8 Å². The maximum absolute atomic E-state index is 11.1. The second-order valence-electron chi connectivity index (χ2n) is 4.25. The fraction of sp³-hybridized carbons (Fsp3) is 0.0714. The Bertz CT molecular complexity index is 703. The fourth-order valence-corrected chi connectivity index (χ4v) is 2.02. The predicted molar refractivity (Wildman–Crippen MR) is 78.8 cm³/mol. The number of benzene rings is 2. The van der Waals surface area contributed by atoms with E-state index < -0.39 is 10.9 Å². The number of carboxylic acids is 1. The first-order valence-electron chi connectivity index (χ1n) is 5.98. The highest BCUT2D eigenvalue weighted by Gasteiger charge is 2.13. The Morgan fingerprint density at radius 2 is 2.00 bits per heavy atom. The van der Waals surface area contributed by atoms with E-state index in [-0.39, 0.29) is 22.8 Å².